The van der Waals surface area contributed by atoms with E-state index >= 15 is 0 Å². The Morgan fingerprint density at radius 3 is 2.21 bits per heavy atom. The minimum atomic E-state index is -3.84. The standard InChI is InChI=1S/C25H27BrN2O4S/c1-3-4-18-7-12-22(13-8-18)33(30,31)28-24-14-9-20(26)17-23(24)25(29)27-16-15-19-5-10-21(32-2)11-6-19/h5-14,17,28H,3-4,15-16H2,1-2H3,(H,27,29). The molecule has 3 aromatic carbocycles. The minimum absolute atomic E-state index is 0.149. The summed E-state index contributed by atoms with van der Waals surface area (Å²) in [6.45, 7) is 2.48. The van der Waals surface area contributed by atoms with Crippen molar-refractivity contribution >= 4 is 37.5 Å². The molecule has 33 heavy (non-hydrogen) atoms. The zero-order valence-corrected chi connectivity index (χ0v) is 21.0. The summed E-state index contributed by atoms with van der Waals surface area (Å²) in [4.78, 5) is 13.0. The van der Waals surface area contributed by atoms with Gasteiger partial charge in [0.15, 0.2) is 0 Å². The maximum Gasteiger partial charge on any atom is 0.261 e. The van der Waals surface area contributed by atoms with Gasteiger partial charge in [0.05, 0.1) is 23.3 Å². The van der Waals surface area contributed by atoms with E-state index in [1.54, 1.807) is 37.4 Å². The van der Waals surface area contributed by atoms with Gasteiger partial charge in [0.25, 0.3) is 15.9 Å². The molecule has 0 heterocycles. The van der Waals surface area contributed by atoms with Gasteiger partial charge in [-0.25, -0.2) is 8.42 Å². The highest BCUT2D eigenvalue weighted by molar-refractivity contribution is 9.10. The number of methoxy groups -OCH3 is 1. The first-order chi connectivity index (χ1) is 15.8. The van der Waals surface area contributed by atoms with Gasteiger partial charge in [-0.2, -0.15) is 0 Å². The summed E-state index contributed by atoms with van der Waals surface area (Å²) in [7, 11) is -2.23. The predicted octanol–water partition coefficient (Wildman–Crippen LogP) is 5.18. The molecule has 0 aliphatic rings. The van der Waals surface area contributed by atoms with Crippen LogP contribution < -0.4 is 14.8 Å². The molecule has 0 aliphatic carbocycles. The number of benzene rings is 3. The number of ether oxygens (including phenoxy) is 1. The molecule has 0 aromatic heterocycles. The van der Waals surface area contributed by atoms with Crippen LogP contribution in [0.1, 0.15) is 34.8 Å². The SMILES string of the molecule is CCCc1ccc(S(=O)(=O)Nc2ccc(Br)cc2C(=O)NCCc2ccc(OC)cc2)cc1. The maximum absolute atomic E-state index is 12.9. The lowest BCUT2D eigenvalue weighted by atomic mass is 10.1. The molecule has 0 fully saturated rings. The number of rotatable bonds is 10. The van der Waals surface area contributed by atoms with E-state index < -0.39 is 10.0 Å². The van der Waals surface area contributed by atoms with Crippen LogP contribution in [0.15, 0.2) is 76.1 Å². The molecule has 2 N–H and O–H groups in total. The van der Waals surface area contributed by atoms with Crippen LogP contribution in [0.4, 0.5) is 5.69 Å². The second-order valence-electron chi connectivity index (χ2n) is 7.54. The smallest absolute Gasteiger partial charge is 0.261 e. The third-order valence-corrected chi connectivity index (χ3v) is 6.98. The topological polar surface area (TPSA) is 84.5 Å². The van der Waals surface area contributed by atoms with E-state index in [9.17, 15) is 13.2 Å². The Morgan fingerprint density at radius 2 is 1.58 bits per heavy atom. The van der Waals surface area contributed by atoms with Crippen LogP contribution in [0, 0.1) is 0 Å². The zero-order valence-electron chi connectivity index (χ0n) is 18.6. The van der Waals surface area contributed by atoms with Crippen molar-refractivity contribution in [1.29, 1.82) is 0 Å². The van der Waals surface area contributed by atoms with Gasteiger partial charge in [0.2, 0.25) is 0 Å². The fraction of sp³-hybridized carbons (Fsp3) is 0.240. The van der Waals surface area contributed by atoms with Gasteiger partial charge in [0.1, 0.15) is 5.75 Å². The number of amides is 1. The fourth-order valence-electron chi connectivity index (χ4n) is 3.33. The van der Waals surface area contributed by atoms with E-state index in [1.165, 1.54) is 0 Å². The lowest BCUT2D eigenvalue weighted by Gasteiger charge is -2.14. The summed E-state index contributed by atoms with van der Waals surface area (Å²) in [6, 6.07) is 19.3. The molecule has 0 saturated heterocycles. The van der Waals surface area contributed by atoms with Crippen molar-refractivity contribution in [3.05, 3.63) is 87.9 Å². The predicted molar refractivity (Wildman–Crippen MR) is 134 cm³/mol. The summed E-state index contributed by atoms with van der Waals surface area (Å²) in [5.41, 5.74) is 2.60. The fourth-order valence-corrected chi connectivity index (χ4v) is 4.77. The highest BCUT2D eigenvalue weighted by atomic mass is 79.9. The third kappa shape index (κ3) is 6.82. The van der Waals surface area contributed by atoms with Gasteiger partial charge in [0, 0.05) is 11.0 Å². The van der Waals surface area contributed by atoms with Crippen LogP contribution in [0.25, 0.3) is 0 Å². The molecule has 0 spiro atoms. The molecule has 0 unspecified atom stereocenters. The molecule has 6 nitrogen and oxygen atoms in total. The highest BCUT2D eigenvalue weighted by Crippen LogP contribution is 2.24. The van der Waals surface area contributed by atoms with Crippen LogP contribution >= 0.6 is 15.9 Å². The van der Waals surface area contributed by atoms with Gasteiger partial charge in [-0.05, 0) is 66.4 Å². The largest absolute Gasteiger partial charge is 0.497 e. The summed E-state index contributed by atoms with van der Waals surface area (Å²) in [6.07, 6.45) is 2.51. The van der Waals surface area contributed by atoms with E-state index in [1.807, 2.05) is 36.4 Å². The number of aryl methyl sites for hydroxylation is 1. The Labute approximate surface area is 203 Å². The Kier molecular flexibility index (Phi) is 8.52. The molecule has 0 atom stereocenters. The maximum atomic E-state index is 12.9. The molecular weight excluding hydrogens is 504 g/mol. The first kappa shape index (κ1) is 24.8. The normalized spacial score (nSPS) is 11.1. The summed E-state index contributed by atoms with van der Waals surface area (Å²) < 4.78 is 34.2. The number of nitrogens with one attached hydrogen (secondary N) is 2. The highest BCUT2D eigenvalue weighted by Gasteiger charge is 2.19. The Morgan fingerprint density at radius 1 is 0.939 bits per heavy atom. The molecule has 3 aromatic rings. The first-order valence-corrected chi connectivity index (χ1v) is 12.9. The van der Waals surface area contributed by atoms with Crippen molar-refractivity contribution in [2.24, 2.45) is 0 Å². The number of halogens is 1. The number of hydrogen-bond acceptors (Lipinski definition) is 4. The van der Waals surface area contributed by atoms with Crippen LogP contribution in [0.5, 0.6) is 5.75 Å². The van der Waals surface area contributed by atoms with Crippen LogP contribution in [-0.2, 0) is 22.9 Å². The van der Waals surface area contributed by atoms with Crippen LogP contribution in [-0.4, -0.2) is 28.0 Å². The van der Waals surface area contributed by atoms with Gasteiger partial charge < -0.3 is 10.1 Å². The van der Waals surface area contributed by atoms with Crippen molar-refractivity contribution in [3.8, 4) is 5.75 Å². The third-order valence-electron chi connectivity index (χ3n) is 5.10. The van der Waals surface area contributed by atoms with Crippen LogP contribution in [0.3, 0.4) is 0 Å². The van der Waals surface area contributed by atoms with Crippen molar-refractivity contribution < 1.29 is 17.9 Å². The summed E-state index contributed by atoms with van der Waals surface area (Å²) in [5.74, 6) is 0.412. The lowest BCUT2D eigenvalue weighted by Crippen LogP contribution is -2.27. The van der Waals surface area contributed by atoms with Gasteiger partial charge in [-0.1, -0.05) is 53.5 Å². The van der Waals surface area contributed by atoms with Crippen LogP contribution in [0.2, 0.25) is 0 Å². The quantitative estimate of drug-likeness (QED) is 0.378. The van der Waals surface area contributed by atoms with E-state index in [0.29, 0.717) is 17.4 Å². The molecule has 8 heteroatoms. The average Bonchev–Trinajstić information content (AvgIpc) is 2.81. The van der Waals surface area contributed by atoms with E-state index in [2.05, 4.69) is 32.9 Å². The Bertz CT molecular complexity index is 1190. The molecule has 0 bridgehead atoms. The molecule has 0 aliphatic heterocycles. The second-order valence-corrected chi connectivity index (χ2v) is 10.1. The van der Waals surface area contributed by atoms with E-state index in [4.69, 9.17) is 4.74 Å². The first-order valence-electron chi connectivity index (χ1n) is 10.6. The van der Waals surface area contributed by atoms with Crippen molar-refractivity contribution in [3.63, 3.8) is 0 Å². The minimum Gasteiger partial charge on any atom is -0.497 e. The van der Waals surface area contributed by atoms with Gasteiger partial charge >= 0.3 is 0 Å². The van der Waals surface area contributed by atoms with Crippen molar-refractivity contribution in [1.82, 2.24) is 5.32 Å². The Balaban J connectivity index is 1.71. The monoisotopic (exact) mass is 530 g/mol. The molecule has 174 valence electrons. The molecular formula is C25H27BrN2O4S. The summed E-state index contributed by atoms with van der Waals surface area (Å²) >= 11 is 3.36. The molecule has 1 amide bonds. The number of anilines is 1. The molecule has 0 radical (unpaired) electrons. The Hall–Kier alpha value is -2.84. The number of hydrogen-bond donors (Lipinski definition) is 2. The van der Waals surface area contributed by atoms with E-state index in [0.717, 1.165) is 29.7 Å². The molecule has 0 saturated carbocycles. The summed E-state index contributed by atoms with van der Waals surface area (Å²) in [5, 5.41) is 2.86. The number of carbonyl (C=O) groups is 1. The van der Waals surface area contributed by atoms with Crippen molar-refractivity contribution in [2.45, 2.75) is 31.1 Å². The lowest BCUT2D eigenvalue weighted by molar-refractivity contribution is 0.0955. The van der Waals surface area contributed by atoms with Crippen molar-refractivity contribution in [2.75, 3.05) is 18.4 Å². The van der Waals surface area contributed by atoms with Gasteiger partial charge in [-0.3, -0.25) is 9.52 Å². The second kappa shape index (κ2) is 11.3. The number of sulfonamides is 1. The number of carbonyl (C=O) groups excluding carboxylic acids is 1. The average molecular weight is 531 g/mol. The van der Waals surface area contributed by atoms with E-state index in [-0.39, 0.29) is 22.1 Å². The van der Waals surface area contributed by atoms with Gasteiger partial charge in [-0.15, -0.1) is 0 Å². The zero-order chi connectivity index (χ0) is 23.8. The molecule has 3 rings (SSSR count).